The summed E-state index contributed by atoms with van der Waals surface area (Å²) >= 11 is 0. The van der Waals surface area contributed by atoms with E-state index in [0.717, 1.165) is 6.42 Å². The second-order valence-electron chi connectivity index (χ2n) is 5.84. The van der Waals surface area contributed by atoms with Gasteiger partial charge in [0.05, 0.1) is 0 Å². The Hall–Kier alpha value is -0.483. The Morgan fingerprint density at radius 1 is 1.06 bits per heavy atom. The second kappa shape index (κ2) is 9.54. The van der Waals surface area contributed by atoms with Gasteiger partial charge in [0.2, 0.25) is 0 Å². The van der Waals surface area contributed by atoms with Crippen molar-refractivity contribution in [2.75, 3.05) is 0 Å². The number of hydrogen-bond donors (Lipinski definition) is 0. The van der Waals surface area contributed by atoms with E-state index in [2.05, 4.69) is 51.0 Å². The topological polar surface area (TPSA) is 0 Å². The molecule has 0 fully saturated rings. The van der Waals surface area contributed by atoms with E-state index in [1.807, 2.05) is 0 Å². The normalized spacial score (nSPS) is 12.2. The fourth-order valence-electron chi connectivity index (χ4n) is 1.60. The molecule has 0 spiro atoms. The van der Waals surface area contributed by atoms with E-state index in [1.54, 1.807) is 5.57 Å². The van der Waals surface area contributed by atoms with Gasteiger partial charge in [0.25, 0.3) is 0 Å². The van der Waals surface area contributed by atoms with E-state index in [1.165, 1.54) is 38.5 Å². The molecule has 0 aromatic heterocycles. The van der Waals surface area contributed by atoms with E-state index < -0.39 is 8.07 Å². The van der Waals surface area contributed by atoms with Crippen molar-refractivity contribution in [3.63, 3.8) is 0 Å². The van der Waals surface area contributed by atoms with Crippen LogP contribution < -0.4 is 0 Å². The zero-order valence-electron chi connectivity index (χ0n) is 12.5. The van der Waals surface area contributed by atoms with Crippen molar-refractivity contribution in [3.8, 4) is 11.5 Å². The van der Waals surface area contributed by atoms with Crippen LogP contribution in [0.2, 0.25) is 19.6 Å². The third-order valence-corrected chi connectivity index (χ3v) is 3.55. The summed E-state index contributed by atoms with van der Waals surface area (Å²) in [5.41, 5.74) is 5.04. The highest BCUT2D eigenvalue weighted by Crippen LogP contribution is 2.13. The summed E-state index contributed by atoms with van der Waals surface area (Å²) in [7, 11) is -1.18. The van der Waals surface area contributed by atoms with Gasteiger partial charge in [-0.2, -0.15) is 0 Å². The molecule has 0 aliphatic heterocycles. The minimum absolute atomic E-state index is 1.01. The van der Waals surface area contributed by atoms with Gasteiger partial charge in [0, 0.05) is 6.42 Å². The summed E-state index contributed by atoms with van der Waals surface area (Å²) in [5.74, 6) is 3.40. The zero-order chi connectivity index (χ0) is 13.1. The van der Waals surface area contributed by atoms with Gasteiger partial charge in [0.15, 0.2) is 0 Å². The summed E-state index contributed by atoms with van der Waals surface area (Å²) in [6, 6.07) is 0. The van der Waals surface area contributed by atoms with Gasteiger partial charge >= 0.3 is 0 Å². The quantitative estimate of drug-likeness (QED) is 0.240. The standard InChI is InChI=1S/C16H30Si/c1-6-8-10-13-16(12-9-7-2)14-11-15-17(3,4)5/h13H,6-10,12,14H2,1-5H3/b16-13+. The molecular weight excluding hydrogens is 220 g/mol. The lowest BCUT2D eigenvalue weighted by atomic mass is 10.0. The van der Waals surface area contributed by atoms with Crippen molar-refractivity contribution in [2.24, 2.45) is 0 Å². The highest BCUT2D eigenvalue weighted by atomic mass is 28.3. The summed E-state index contributed by atoms with van der Waals surface area (Å²) in [5, 5.41) is 0. The Bertz CT molecular complexity index is 270. The number of allylic oxidation sites excluding steroid dienone is 2. The van der Waals surface area contributed by atoms with Crippen LogP contribution in [0, 0.1) is 11.5 Å². The van der Waals surface area contributed by atoms with Crippen LogP contribution in [0.3, 0.4) is 0 Å². The van der Waals surface area contributed by atoms with Crippen LogP contribution in [-0.4, -0.2) is 8.07 Å². The van der Waals surface area contributed by atoms with Crippen LogP contribution in [0.25, 0.3) is 0 Å². The SMILES string of the molecule is CCCC/C=C(/CC#C[Si](C)(C)C)CCCC. The molecule has 0 bridgehead atoms. The van der Waals surface area contributed by atoms with Crippen LogP contribution in [-0.2, 0) is 0 Å². The van der Waals surface area contributed by atoms with E-state index in [0.29, 0.717) is 0 Å². The molecule has 0 aromatic carbocycles. The maximum atomic E-state index is 3.47. The molecule has 0 aliphatic carbocycles. The number of unbranched alkanes of at least 4 members (excludes halogenated alkanes) is 3. The van der Waals surface area contributed by atoms with Crippen molar-refractivity contribution >= 4 is 8.07 Å². The van der Waals surface area contributed by atoms with Crippen molar-refractivity contribution < 1.29 is 0 Å². The van der Waals surface area contributed by atoms with Gasteiger partial charge in [-0.3, -0.25) is 0 Å². The van der Waals surface area contributed by atoms with Crippen LogP contribution in [0.1, 0.15) is 58.8 Å². The molecule has 0 saturated carbocycles. The van der Waals surface area contributed by atoms with Crippen molar-refractivity contribution in [2.45, 2.75) is 78.4 Å². The molecule has 17 heavy (non-hydrogen) atoms. The minimum atomic E-state index is -1.18. The van der Waals surface area contributed by atoms with Gasteiger partial charge in [-0.05, 0) is 19.3 Å². The molecule has 0 rings (SSSR count). The third kappa shape index (κ3) is 11.8. The number of hydrogen-bond acceptors (Lipinski definition) is 0. The molecular formula is C16H30Si. The predicted octanol–water partition coefficient (Wildman–Crippen LogP) is 5.56. The molecule has 0 saturated heterocycles. The van der Waals surface area contributed by atoms with E-state index in [4.69, 9.17) is 0 Å². The van der Waals surface area contributed by atoms with Gasteiger partial charge in [-0.15, -0.1) is 11.5 Å². The van der Waals surface area contributed by atoms with E-state index in [9.17, 15) is 0 Å². The maximum Gasteiger partial charge on any atom is 0.129 e. The van der Waals surface area contributed by atoms with Crippen LogP contribution in [0.15, 0.2) is 11.6 Å². The molecule has 0 nitrogen and oxygen atoms in total. The summed E-state index contributed by atoms with van der Waals surface area (Å²) in [6.45, 7) is 11.5. The molecule has 0 aliphatic rings. The smallest absolute Gasteiger partial charge is 0.129 e. The van der Waals surface area contributed by atoms with E-state index >= 15 is 0 Å². The monoisotopic (exact) mass is 250 g/mol. The molecule has 0 atom stereocenters. The minimum Gasteiger partial charge on any atom is -0.132 e. The Kier molecular flexibility index (Phi) is 9.27. The predicted molar refractivity (Wildman–Crippen MR) is 82.9 cm³/mol. The van der Waals surface area contributed by atoms with Crippen molar-refractivity contribution in [1.29, 1.82) is 0 Å². The Morgan fingerprint density at radius 3 is 2.24 bits per heavy atom. The fraction of sp³-hybridized carbons (Fsp3) is 0.750. The molecule has 0 amide bonds. The maximum absolute atomic E-state index is 3.47. The highest BCUT2D eigenvalue weighted by molar-refractivity contribution is 6.83. The molecule has 1 heteroatoms. The lowest BCUT2D eigenvalue weighted by Gasteiger charge is -2.05. The van der Waals surface area contributed by atoms with Gasteiger partial charge in [0.1, 0.15) is 8.07 Å². The van der Waals surface area contributed by atoms with Gasteiger partial charge in [-0.25, -0.2) is 0 Å². The van der Waals surface area contributed by atoms with Crippen molar-refractivity contribution in [3.05, 3.63) is 11.6 Å². The molecule has 0 unspecified atom stereocenters. The zero-order valence-corrected chi connectivity index (χ0v) is 13.5. The first-order valence-electron chi connectivity index (χ1n) is 7.17. The lowest BCUT2D eigenvalue weighted by molar-refractivity contribution is 0.760. The van der Waals surface area contributed by atoms with Crippen molar-refractivity contribution in [1.82, 2.24) is 0 Å². The molecule has 0 N–H and O–H groups in total. The first kappa shape index (κ1) is 16.5. The number of rotatable bonds is 7. The first-order valence-corrected chi connectivity index (χ1v) is 10.7. The van der Waals surface area contributed by atoms with E-state index in [-0.39, 0.29) is 0 Å². The van der Waals surface area contributed by atoms with Crippen LogP contribution >= 0.6 is 0 Å². The Balaban J connectivity index is 4.26. The molecule has 0 radical (unpaired) electrons. The Labute approximate surface area is 110 Å². The van der Waals surface area contributed by atoms with Crippen LogP contribution in [0.4, 0.5) is 0 Å². The van der Waals surface area contributed by atoms with Gasteiger partial charge < -0.3 is 0 Å². The Morgan fingerprint density at radius 2 is 1.71 bits per heavy atom. The van der Waals surface area contributed by atoms with Gasteiger partial charge in [-0.1, -0.05) is 64.4 Å². The second-order valence-corrected chi connectivity index (χ2v) is 10.6. The average Bonchev–Trinajstić information content (AvgIpc) is 2.23. The summed E-state index contributed by atoms with van der Waals surface area (Å²) in [4.78, 5) is 0. The molecule has 0 heterocycles. The lowest BCUT2D eigenvalue weighted by Crippen LogP contribution is -2.16. The fourth-order valence-corrected chi connectivity index (χ4v) is 2.22. The van der Waals surface area contributed by atoms with Crippen LogP contribution in [0.5, 0.6) is 0 Å². The molecule has 98 valence electrons. The highest BCUT2D eigenvalue weighted by Gasteiger charge is 2.07. The summed E-state index contributed by atoms with van der Waals surface area (Å²) in [6.07, 6.45) is 11.1. The third-order valence-electron chi connectivity index (χ3n) is 2.62. The first-order chi connectivity index (χ1) is 7.99. The largest absolute Gasteiger partial charge is 0.132 e. The molecule has 0 aromatic rings. The average molecular weight is 251 g/mol. The summed E-state index contributed by atoms with van der Waals surface area (Å²) < 4.78 is 0.